The molecule has 0 saturated carbocycles. The van der Waals surface area contributed by atoms with E-state index in [1.165, 1.54) is 0 Å². The lowest BCUT2D eigenvalue weighted by molar-refractivity contribution is -0.695. The van der Waals surface area contributed by atoms with E-state index in [4.69, 9.17) is 4.74 Å². The van der Waals surface area contributed by atoms with Gasteiger partial charge in [0.25, 0.3) is 0 Å². The van der Waals surface area contributed by atoms with Crippen LogP contribution < -0.4 is 4.57 Å². The Hall–Kier alpha value is -2.20. The van der Waals surface area contributed by atoms with Gasteiger partial charge in [-0.25, -0.2) is 4.79 Å². The number of aromatic nitrogens is 1. The quantitative estimate of drug-likeness (QED) is 0.665. The fraction of sp³-hybridized carbons (Fsp3) is 0.250. The maximum atomic E-state index is 12.1. The van der Waals surface area contributed by atoms with Gasteiger partial charge in [-0.3, -0.25) is 0 Å². The van der Waals surface area contributed by atoms with Gasteiger partial charge in [0.2, 0.25) is 11.8 Å². The molecule has 0 aliphatic carbocycles. The van der Waals surface area contributed by atoms with E-state index in [1.54, 1.807) is 12.1 Å². The molecule has 0 unspecified atom stereocenters. The number of aliphatic hydroxyl groups is 1. The number of ether oxygens (including phenoxy) is 1. The molecule has 0 amide bonds. The van der Waals surface area contributed by atoms with E-state index < -0.39 is 18.2 Å². The zero-order chi connectivity index (χ0) is 14.1. The smallest absolute Gasteiger partial charge is 0.339 e. The summed E-state index contributed by atoms with van der Waals surface area (Å²) < 4.78 is 7.37. The zero-order valence-corrected chi connectivity index (χ0v) is 11.2. The first-order valence-electron chi connectivity index (χ1n) is 6.59. The van der Waals surface area contributed by atoms with Crippen LogP contribution in [0.4, 0.5) is 0 Å². The van der Waals surface area contributed by atoms with Crippen molar-refractivity contribution >= 4 is 5.97 Å². The number of benzene rings is 1. The van der Waals surface area contributed by atoms with Crippen LogP contribution in [0.2, 0.25) is 0 Å². The summed E-state index contributed by atoms with van der Waals surface area (Å²) in [5.74, 6) is -0.411. The number of aryl methyl sites for hydroxylation is 1. The summed E-state index contributed by atoms with van der Waals surface area (Å²) >= 11 is 0. The Morgan fingerprint density at radius 2 is 2.00 bits per heavy atom. The van der Waals surface area contributed by atoms with Crippen LogP contribution >= 0.6 is 0 Å². The van der Waals surface area contributed by atoms with Crippen LogP contribution in [0, 0.1) is 6.92 Å². The van der Waals surface area contributed by atoms with Crippen molar-refractivity contribution in [3.05, 3.63) is 65.5 Å². The summed E-state index contributed by atoms with van der Waals surface area (Å²) in [6.07, 6.45) is 0.565. The largest absolute Gasteiger partial charge is 0.444 e. The lowest BCUT2D eigenvalue weighted by Crippen LogP contribution is -2.34. The summed E-state index contributed by atoms with van der Waals surface area (Å²) in [6, 6.07) is 12.8. The van der Waals surface area contributed by atoms with Crippen molar-refractivity contribution in [1.29, 1.82) is 0 Å². The second-order valence-corrected chi connectivity index (χ2v) is 5.04. The third-order valence-electron chi connectivity index (χ3n) is 3.52. The van der Waals surface area contributed by atoms with Gasteiger partial charge in [-0.1, -0.05) is 17.7 Å². The highest BCUT2D eigenvalue weighted by Gasteiger charge is 2.41. The number of carbonyl (C=O) groups is 1. The SMILES string of the molecule is Cc1ccc(C(=O)O[C@@H]2c3cccc[n+]3C[C@H]2O)cc1. The average Bonchev–Trinajstić information content (AvgIpc) is 2.76. The molecule has 20 heavy (non-hydrogen) atoms. The molecule has 1 aliphatic rings. The second-order valence-electron chi connectivity index (χ2n) is 5.04. The van der Waals surface area contributed by atoms with Crippen LogP contribution in [0.3, 0.4) is 0 Å². The molecule has 3 rings (SSSR count). The Morgan fingerprint density at radius 1 is 1.25 bits per heavy atom. The highest BCUT2D eigenvalue weighted by molar-refractivity contribution is 5.89. The first-order chi connectivity index (χ1) is 9.65. The molecule has 1 aliphatic heterocycles. The van der Waals surface area contributed by atoms with Gasteiger partial charge in [0, 0.05) is 12.1 Å². The van der Waals surface area contributed by atoms with Crippen molar-refractivity contribution in [3.63, 3.8) is 0 Å². The molecule has 102 valence electrons. The molecule has 1 N–H and O–H groups in total. The number of rotatable bonds is 2. The minimum atomic E-state index is -0.702. The van der Waals surface area contributed by atoms with Gasteiger partial charge in [-0.2, -0.15) is 4.57 Å². The van der Waals surface area contributed by atoms with E-state index >= 15 is 0 Å². The minimum Gasteiger partial charge on any atom is -0.444 e. The molecule has 0 bridgehead atoms. The predicted molar refractivity (Wildman–Crippen MR) is 72.0 cm³/mol. The van der Waals surface area contributed by atoms with E-state index in [0.717, 1.165) is 11.3 Å². The maximum Gasteiger partial charge on any atom is 0.339 e. The Morgan fingerprint density at radius 3 is 2.75 bits per heavy atom. The van der Waals surface area contributed by atoms with E-state index in [-0.39, 0.29) is 0 Å². The normalized spacial score (nSPS) is 20.5. The topological polar surface area (TPSA) is 50.4 Å². The van der Waals surface area contributed by atoms with Gasteiger partial charge in [0.05, 0.1) is 5.56 Å². The monoisotopic (exact) mass is 270 g/mol. The fourth-order valence-electron chi connectivity index (χ4n) is 2.42. The molecule has 0 fully saturated rings. The first-order valence-corrected chi connectivity index (χ1v) is 6.59. The Labute approximate surface area is 117 Å². The van der Waals surface area contributed by atoms with Crippen molar-refractivity contribution in [2.75, 3.05) is 0 Å². The van der Waals surface area contributed by atoms with Gasteiger partial charge in [0.1, 0.15) is 0 Å². The van der Waals surface area contributed by atoms with Crippen molar-refractivity contribution in [2.45, 2.75) is 25.7 Å². The van der Waals surface area contributed by atoms with Crippen molar-refractivity contribution in [3.8, 4) is 0 Å². The molecule has 4 heteroatoms. The number of esters is 1. The van der Waals surface area contributed by atoms with Crippen LogP contribution in [0.1, 0.15) is 27.7 Å². The summed E-state index contributed by atoms with van der Waals surface area (Å²) in [6.45, 7) is 2.41. The first kappa shape index (κ1) is 12.8. The number of fused-ring (bicyclic) bond motifs is 1. The van der Waals surface area contributed by atoms with Crippen LogP contribution in [0.15, 0.2) is 48.7 Å². The maximum absolute atomic E-state index is 12.1. The third-order valence-corrected chi connectivity index (χ3v) is 3.52. The molecule has 1 aromatic heterocycles. The van der Waals surface area contributed by atoms with Crippen LogP contribution in [0.5, 0.6) is 0 Å². The van der Waals surface area contributed by atoms with E-state index in [0.29, 0.717) is 12.1 Å². The zero-order valence-electron chi connectivity index (χ0n) is 11.2. The summed E-state index contributed by atoms with van der Waals surface area (Å²) in [4.78, 5) is 12.1. The van der Waals surface area contributed by atoms with Crippen molar-refractivity contribution in [2.24, 2.45) is 0 Å². The van der Waals surface area contributed by atoms with Crippen LogP contribution in [-0.4, -0.2) is 17.2 Å². The number of nitrogens with zero attached hydrogens (tertiary/aromatic N) is 1. The Kier molecular flexibility index (Phi) is 3.24. The standard InChI is InChI=1S/C16H16NO3/c1-11-5-7-12(8-6-11)16(19)20-15-13-4-2-3-9-17(13)10-14(15)18/h2-9,14-15,18H,10H2,1H3/q+1/t14-,15-/m1/s1. The second kappa shape index (κ2) is 5.06. The predicted octanol–water partition coefficient (Wildman–Crippen LogP) is 1.56. The van der Waals surface area contributed by atoms with Gasteiger partial charge >= 0.3 is 5.97 Å². The van der Waals surface area contributed by atoms with Crippen LogP contribution in [-0.2, 0) is 11.3 Å². The third kappa shape index (κ3) is 2.30. The highest BCUT2D eigenvalue weighted by atomic mass is 16.6. The van der Waals surface area contributed by atoms with E-state index in [2.05, 4.69) is 0 Å². The summed E-state index contributed by atoms with van der Waals surface area (Å²) in [7, 11) is 0. The lowest BCUT2D eigenvalue weighted by atomic mass is 10.1. The molecular formula is C16H16NO3+. The lowest BCUT2D eigenvalue weighted by Gasteiger charge is -2.12. The average molecular weight is 270 g/mol. The molecule has 4 nitrogen and oxygen atoms in total. The minimum absolute atomic E-state index is 0.411. The number of aliphatic hydroxyl groups excluding tert-OH is 1. The number of hydrogen-bond donors (Lipinski definition) is 1. The number of hydrogen-bond acceptors (Lipinski definition) is 3. The highest BCUT2D eigenvalue weighted by Crippen LogP contribution is 2.25. The van der Waals surface area contributed by atoms with Gasteiger partial charge < -0.3 is 9.84 Å². The van der Waals surface area contributed by atoms with E-state index in [9.17, 15) is 9.90 Å². The number of carbonyl (C=O) groups excluding carboxylic acids is 1. The molecule has 1 aromatic carbocycles. The van der Waals surface area contributed by atoms with Crippen molar-refractivity contribution < 1.29 is 19.2 Å². The Balaban J connectivity index is 1.81. The summed E-state index contributed by atoms with van der Waals surface area (Å²) in [5.41, 5.74) is 2.40. The molecule has 2 atom stereocenters. The summed E-state index contributed by atoms with van der Waals surface area (Å²) in [5, 5.41) is 10.1. The van der Waals surface area contributed by atoms with Crippen molar-refractivity contribution in [1.82, 2.24) is 0 Å². The van der Waals surface area contributed by atoms with Gasteiger partial charge in [-0.05, 0) is 25.1 Å². The molecule has 2 aromatic rings. The molecule has 0 saturated heterocycles. The van der Waals surface area contributed by atoms with Gasteiger partial charge in [0.15, 0.2) is 18.8 Å². The van der Waals surface area contributed by atoms with Gasteiger partial charge in [-0.15, -0.1) is 0 Å². The fourth-order valence-corrected chi connectivity index (χ4v) is 2.42. The molecule has 0 radical (unpaired) electrons. The molecule has 0 spiro atoms. The van der Waals surface area contributed by atoms with E-state index in [1.807, 2.05) is 48.0 Å². The van der Waals surface area contributed by atoms with Crippen LogP contribution in [0.25, 0.3) is 0 Å². The number of pyridine rings is 1. The molecular weight excluding hydrogens is 254 g/mol. The Bertz CT molecular complexity index is 636. The molecule has 2 heterocycles.